The van der Waals surface area contributed by atoms with Crippen molar-refractivity contribution in [2.24, 2.45) is 0 Å². The van der Waals surface area contributed by atoms with E-state index in [0.717, 1.165) is 35.7 Å². The van der Waals surface area contributed by atoms with Gasteiger partial charge in [0.15, 0.2) is 4.96 Å². The second-order valence-electron chi connectivity index (χ2n) is 6.53. The van der Waals surface area contributed by atoms with Crippen molar-refractivity contribution in [1.29, 1.82) is 0 Å². The molecule has 1 fully saturated rings. The molecule has 2 aromatic heterocycles. The third-order valence-electron chi connectivity index (χ3n) is 4.80. The quantitative estimate of drug-likeness (QED) is 0.704. The second kappa shape index (κ2) is 6.44. The molecular weight excluding hydrogens is 356 g/mol. The van der Waals surface area contributed by atoms with Crippen molar-refractivity contribution < 1.29 is 4.79 Å². The minimum Gasteiger partial charge on any atom is -0.336 e. The fourth-order valence-electron chi connectivity index (χ4n) is 3.27. The minimum atomic E-state index is 0.0478. The molecule has 0 N–H and O–H groups in total. The lowest BCUT2D eigenvalue weighted by molar-refractivity contribution is 0.0731. The lowest BCUT2D eigenvalue weighted by atomic mass is 10.2. The van der Waals surface area contributed by atoms with Crippen LogP contribution >= 0.6 is 22.9 Å². The summed E-state index contributed by atoms with van der Waals surface area (Å²) in [6.45, 7) is 1.96. The van der Waals surface area contributed by atoms with Gasteiger partial charge < -0.3 is 9.80 Å². The number of hydrogen-bond donors (Lipinski definition) is 0. The lowest BCUT2D eigenvalue weighted by Crippen LogP contribution is -2.39. The van der Waals surface area contributed by atoms with Crippen molar-refractivity contribution in [3.8, 4) is 11.3 Å². The van der Waals surface area contributed by atoms with Crippen LogP contribution in [0.25, 0.3) is 16.2 Å². The number of imidazole rings is 1. The Hall–Kier alpha value is -1.89. The maximum atomic E-state index is 13.0. The Morgan fingerprint density at radius 2 is 2.12 bits per heavy atom. The van der Waals surface area contributed by atoms with E-state index >= 15 is 0 Å². The number of thiazole rings is 1. The molecule has 25 heavy (non-hydrogen) atoms. The third kappa shape index (κ3) is 3.05. The molecule has 4 rings (SSSR count). The first-order valence-corrected chi connectivity index (χ1v) is 9.47. The smallest absolute Gasteiger partial charge is 0.271 e. The minimum absolute atomic E-state index is 0.0478. The number of amides is 1. The number of carbonyl (C=O) groups is 1. The number of aromatic nitrogens is 2. The fraction of sp³-hybridized carbons (Fsp3) is 0.333. The number of likely N-dealkylation sites (tertiary alicyclic amines) is 1. The summed E-state index contributed by atoms with van der Waals surface area (Å²) in [6, 6.07) is 7.85. The molecule has 3 aromatic rings. The van der Waals surface area contributed by atoms with Gasteiger partial charge in [-0.15, -0.1) is 11.3 Å². The highest BCUT2D eigenvalue weighted by molar-refractivity contribution is 7.15. The average molecular weight is 375 g/mol. The van der Waals surface area contributed by atoms with Gasteiger partial charge in [-0.2, -0.15) is 0 Å². The van der Waals surface area contributed by atoms with Crippen LogP contribution in [0.2, 0.25) is 5.02 Å². The molecule has 1 unspecified atom stereocenters. The Morgan fingerprint density at radius 3 is 2.80 bits per heavy atom. The van der Waals surface area contributed by atoms with Gasteiger partial charge in [0.25, 0.3) is 5.91 Å². The van der Waals surface area contributed by atoms with Gasteiger partial charge in [-0.25, -0.2) is 4.98 Å². The van der Waals surface area contributed by atoms with Gasteiger partial charge in [-0.3, -0.25) is 9.20 Å². The molecule has 7 heteroatoms. The summed E-state index contributed by atoms with van der Waals surface area (Å²) in [6.07, 6.45) is 2.95. The van der Waals surface area contributed by atoms with E-state index in [1.165, 1.54) is 11.3 Å². The van der Waals surface area contributed by atoms with Gasteiger partial charge in [0, 0.05) is 41.8 Å². The van der Waals surface area contributed by atoms with E-state index in [0.29, 0.717) is 10.7 Å². The predicted octanol–water partition coefficient (Wildman–Crippen LogP) is 3.49. The van der Waals surface area contributed by atoms with Crippen LogP contribution in [0.3, 0.4) is 0 Å². The highest BCUT2D eigenvalue weighted by atomic mass is 35.5. The Morgan fingerprint density at radius 1 is 1.36 bits per heavy atom. The molecule has 5 nitrogen and oxygen atoms in total. The Bertz CT molecular complexity index is 917. The third-order valence-corrected chi connectivity index (χ3v) is 5.89. The molecule has 1 amide bonds. The van der Waals surface area contributed by atoms with Gasteiger partial charge in [-0.1, -0.05) is 23.7 Å². The summed E-state index contributed by atoms with van der Waals surface area (Å²) >= 11 is 7.44. The maximum absolute atomic E-state index is 13.0. The van der Waals surface area contributed by atoms with Crippen molar-refractivity contribution >= 4 is 33.8 Å². The van der Waals surface area contributed by atoms with Crippen LogP contribution < -0.4 is 0 Å². The second-order valence-corrected chi connectivity index (χ2v) is 7.80. The van der Waals surface area contributed by atoms with Gasteiger partial charge in [-0.05, 0) is 32.1 Å². The van der Waals surface area contributed by atoms with Crippen LogP contribution in [0, 0.1) is 0 Å². The van der Waals surface area contributed by atoms with Crippen molar-refractivity contribution in [3.05, 3.63) is 46.6 Å². The highest BCUT2D eigenvalue weighted by Crippen LogP contribution is 2.26. The number of benzene rings is 1. The fourth-order valence-corrected chi connectivity index (χ4v) is 4.24. The first-order chi connectivity index (χ1) is 12.0. The van der Waals surface area contributed by atoms with Crippen LogP contribution in [0.4, 0.5) is 0 Å². The van der Waals surface area contributed by atoms with Crippen molar-refractivity contribution in [2.75, 3.05) is 27.2 Å². The Balaban J connectivity index is 1.64. The standard InChI is InChI=1S/C18H19ClN4OS/c1-21-8-7-14(9-21)22(2)17(24)16-11-25-18-20-15(10-23(16)18)12-3-5-13(19)6-4-12/h3-6,10-11,14H,7-9H2,1-2H3. The van der Waals surface area contributed by atoms with Gasteiger partial charge in [0.1, 0.15) is 5.69 Å². The van der Waals surface area contributed by atoms with E-state index in [4.69, 9.17) is 11.6 Å². The number of hydrogen-bond acceptors (Lipinski definition) is 4. The summed E-state index contributed by atoms with van der Waals surface area (Å²) < 4.78 is 1.89. The zero-order valence-electron chi connectivity index (χ0n) is 14.1. The molecular formula is C18H19ClN4OS. The highest BCUT2D eigenvalue weighted by Gasteiger charge is 2.28. The van der Waals surface area contributed by atoms with Crippen LogP contribution in [0.5, 0.6) is 0 Å². The Labute approximate surface area is 155 Å². The topological polar surface area (TPSA) is 40.8 Å². The van der Waals surface area contributed by atoms with E-state index in [1.807, 2.05) is 52.2 Å². The molecule has 1 aromatic carbocycles. The molecule has 1 atom stereocenters. The molecule has 3 heterocycles. The Kier molecular flexibility index (Phi) is 4.27. The average Bonchev–Trinajstić information content (AvgIpc) is 3.29. The number of nitrogens with zero attached hydrogens (tertiary/aromatic N) is 4. The molecule has 1 aliphatic rings. The molecule has 130 valence electrons. The SMILES string of the molecule is CN1CCC(N(C)C(=O)c2csc3nc(-c4ccc(Cl)cc4)cn23)C1. The maximum Gasteiger partial charge on any atom is 0.271 e. The summed E-state index contributed by atoms with van der Waals surface area (Å²) in [5.74, 6) is 0.0478. The molecule has 0 radical (unpaired) electrons. The van der Waals surface area contributed by atoms with E-state index in [9.17, 15) is 4.79 Å². The zero-order valence-corrected chi connectivity index (χ0v) is 15.7. The van der Waals surface area contributed by atoms with E-state index < -0.39 is 0 Å². The molecule has 0 aliphatic carbocycles. The number of carbonyl (C=O) groups excluding carboxylic acids is 1. The lowest BCUT2D eigenvalue weighted by Gasteiger charge is -2.24. The van der Waals surface area contributed by atoms with Gasteiger partial charge in [0.05, 0.1) is 5.69 Å². The molecule has 1 aliphatic heterocycles. The first kappa shape index (κ1) is 16.6. The zero-order chi connectivity index (χ0) is 17.6. The summed E-state index contributed by atoms with van der Waals surface area (Å²) in [7, 11) is 3.99. The van der Waals surface area contributed by atoms with Crippen LogP contribution in [0.1, 0.15) is 16.9 Å². The summed E-state index contributed by atoms with van der Waals surface area (Å²) in [4.78, 5) is 22.5. The van der Waals surface area contributed by atoms with Crippen LogP contribution in [0.15, 0.2) is 35.8 Å². The number of likely N-dealkylation sites (N-methyl/N-ethyl adjacent to an activating group) is 2. The number of halogens is 1. The predicted molar refractivity (Wildman–Crippen MR) is 102 cm³/mol. The van der Waals surface area contributed by atoms with E-state index in [2.05, 4.69) is 16.9 Å². The molecule has 1 saturated heterocycles. The van der Waals surface area contributed by atoms with Crippen molar-refractivity contribution in [3.63, 3.8) is 0 Å². The summed E-state index contributed by atoms with van der Waals surface area (Å²) in [5.41, 5.74) is 2.51. The normalized spacial score (nSPS) is 18.1. The molecule has 0 spiro atoms. The van der Waals surface area contributed by atoms with Crippen LogP contribution in [-0.2, 0) is 0 Å². The number of fused-ring (bicyclic) bond motifs is 1. The van der Waals surface area contributed by atoms with E-state index in [1.54, 1.807) is 0 Å². The summed E-state index contributed by atoms with van der Waals surface area (Å²) in [5, 5.41) is 2.59. The monoisotopic (exact) mass is 374 g/mol. The van der Waals surface area contributed by atoms with Gasteiger partial charge in [0.2, 0.25) is 0 Å². The molecule has 0 saturated carbocycles. The van der Waals surface area contributed by atoms with Crippen molar-refractivity contribution in [1.82, 2.24) is 19.2 Å². The van der Waals surface area contributed by atoms with Crippen molar-refractivity contribution in [2.45, 2.75) is 12.5 Å². The van der Waals surface area contributed by atoms with Crippen LogP contribution in [-0.4, -0.2) is 58.3 Å². The number of rotatable bonds is 3. The first-order valence-electron chi connectivity index (χ1n) is 8.21. The molecule has 0 bridgehead atoms. The van der Waals surface area contributed by atoms with E-state index in [-0.39, 0.29) is 11.9 Å². The van der Waals surface area contributed by atoms with Gasteiger partial charge >= 0.3 is 0 Å². The largest absolute Gasteiger partial charge is 0.336 e.